The second kappa shape index (κ2) is 11.8. The number of ketones is 1. The van der Waals surface area contributed by atoms with Gasteiger partial charge in [-0.2, -0.15) is 0 Å². The van der Waals surface area contributed by atoms with Crippen LogP contribution < -0.4 is 10.2 Å². The highest BCUT2D eigenvalue weighted by atomic mass is 16.2. The summed E-state index contributed by atoms with van der Waals surface area (Å²) in [6.07, 6.45) is 8.25. The zero-order valence-electron chi connectivity index (χ0n) is 24.5. The van der Waals surface area contributed by atoms with E-state index in [0.29, 0.717) is 12.0 Å². The number of nitrogens with one attached hydrogen (secondary N) is 1. The third-order valence-corrected chi connectivity index (χ3v) is 8.07. The summed E-state index contributed by atoms with van der Waals surface area (Å²) in [6.45, 7) is 12.6. The van der Waals surface area contributed by atoms with Crippen LogP contribution in [-0.2, 0) is 4.79 Å². The van der Waals surface area contributed by atoms with E-state index in [1.54, 1.807) is 0 Å². The molecule has 1 aromatic carbocycles. The highest BCUT2D eigenvalue weighted by molar-refractivity contribution is 6.09. The van der Waals surface area contributed by atoms with Crippen LogP contribution in [0.4, 0.5) is 5.82 Å². The van der Waals surface area contributed by atoms with Gasteiger partial charge in [0.25, 0.3) is 5.91 Å². The Kier molecular flexibility index (Phi) is 8.22. The zero-order chi connectivity index (χ0) is 28.4. The Hall–Kier alpha value is -3.71. The first-order chi connectivity index (χ1) is 19.2. The number of hydrogen-bond acceptors (Lipinski definition) is 5. The number of fused-ring (bicyclic) bond motifs is 1. The third-order valence-electron chi connectivity index (χ3n) is 8.07. The Morgan fingerprint density at radius 3 is 2.58 bits per heavy atom. The maximum Gasteiger partial charge on any atom is 0.252 e. The largest absolute Gasteiger partial charge is 0.354 e. The summed E-state index contributed by atoms with van der Waals surface area (Å²) in [5.74, 6) is 0.913. The van der Waals surface area contributed by atoms with Gasteiger partial charge in [0.1, 0.15) is 5.82 Å². The van der Waals surface area contributed by atoms with Gasteiger partial charge in [0.15, 0.2) is 5.78 Å². The predicted octanol–water partition coefficient (Wildman–Crippen LogP) is 5.78. The fourth-order valence-electron chi connectivity index (χ4n) is 5.82. The van der Waals surface area contributed by atoms with Gasteiger partial charge in [0.05, 0.1) is 0 Å². The van der Waals surface area contributed by atoms with Crippen molar-refractivity contribution in [1.29, 1.82) is 0 Å². The SMILES string of the molecule is CCCC1=C(CNC(=O)c2cc(-c3ccnc(N4CCN(C)CC4)c3)cc3c2ccn3C(C)C)C(=O)CC(C)=C1. The van der Waals surface area contributed by atoms with E-state index in [-0.39, 0.29) is 24.3 Å². The van der Waals surface area contributed by atoms with Crippen molar-refractivity contribution in [2.75, 3.05) is 44.7 Å². The molecule has 2 aromatic heterocycles. The number of carbonyl (C=O) groups is 2. The summed E-state index contributed by atoms with van der Waals surface area (Å²) in [7, 11) is 2.15. The molecule has 5 rings (SSSR count). The van der Waals surface area contributed by atoms with Crippen LogP contribution in [0.3, 0.4) is 0 Å². The Balaban J connectivity index is 1.50. The second-order valence-electron chi connectivity index (χ2n) is 11.5. The molecule has 0 saturated carbocycles. The number of Topliss-reactive ketones (excluding diaryl/α,β-unsaturated/α-hetero) is 1. The van der Waals surface area contributed by atoms with Gasteiger partial charge in [-0.1, -0.05) is 25.0 Å². The molecule has 1 amide bonds. The Bertz CT molecular complexity index is 1490. The van der Waals surface area contributed by atoms with Gasteiger partial charge in [0.2, 0.25) is 0 Å². The number of amides is 1. The number of hydrogen-bond donors (Lipinski definition) is 1. The van der Waals surface area contributed by atoms with Crippen molar-refractivity contribution in [2.45, 2.75) is 53.0 Å². The number of likely N-dealkylation sites (N-methyl/N-ethyl adjacent to an activating group) is 1. The van der Waals surface area contributed by atoms with Crippen molar-refractivity contribution in [2.24, 2.45) is 0 Å². The van der Waals surface area contributed by atoms with E-state index in [4.69, 9.17) is 0 Å². The normalized spacial score (nSPS) is 16.7. The summed E-state index contributed by atoms with van der Waals surface area (Å²) < 4.78 is 2.21. The van der Waals surface area contributed by atoms with Crippen LogP contribution >= 0.6 is 0 Å². The van der Waals surface area contributed by atoms with Crippen molar-refractivity contribution in [3.05, 3.63) is 71.1 Å². The van der Waals surface area contributed by atoms with Gasteiger partial charge in [-0.25, -0.2) is 4.98 Å². The Labute approximate surface area is 237 Å². The molecule has 40 heavy (non-hydrogen) atoms. The van der Waals surface area contributed by atoms with E-state index in [2.05, 4.69) is 76.9 Å². The molecule has 7 nitrogen and oxygen atoms in total. The fraction of sp³-hybridized carbons (Fsp3) is 0.424. The van der Waals surface area contributed by atoms with Crippen LogP contribution in [0.25, 0.3) is 22.0 Å². The lowest BCUT2D eigenvalue weighted by atomic mass is 9.89. The summed E-state index contributed by atoms with van der Waals surface area (Å²) in [5.41, 5.74) is 6.53. The smallest absolute Gasteiger partial charge is 0.252 e. The number of rotatable bonds is 8. The first kappa shape index (κ1) is 27.8. The molecule has 1 aliphatic carbocycles. The number of piperazine rings is 1. The number of carbonyl (C=O) groups excluding carboxylic acids is 2. The molecule has 1 aliphatic heterocycles. The van der Waals surface area contributed by atoms with E-state index < -0.39 is 0 Å². The van der Waals surface area contributed by atoms with Gasteiger partial charge in [-0.05, 0) is 81.3 Å². The van der Waals surface area contributed by atoms with Gasteiger partial charge < -0.3 is 19.7 Å². The molecular weight excluding hydrogens is 498 g/mol. The van der Waals surface area contributed by atoms with E-state index >= 15 is 0 Å². The quantitative estimate of drug-likeness (QED) is 0.393. The molecule has 3 heterocycles. The number of nitrogens with zero attached hydrogens (tertiary/aromatic N) is 4. The molecular formula is C33H41N5O2. The standard InChI is InChI=1S/C33H41N5O2/c1-6-7-25-16-23(4)17-31(39)29(25)21-35-33(40)28-18-26(19-30-27(28)9-11-38(30)22(2)3)24-8-10-34-32(20-24)37-14-12-36(5)13-15-37/h8-11,16,18-20,22H,6-7,12-15,17,21H2,1-5H3,(H,35,40). The van der Waals surface area contributed by atoms with Crippen molar-refractivity contribution >= 4 is 28.4 Å². The van der Waals surface area contributed by atoms with Crippen LogP contribution in [0, 0.1) is 0 Å². The van der Waals surface area contributed by atoms with Crippen molar-refractivity contribution < 1.29 is 9.59 Å². The zero-order valence-corrected chi connectivity index (χ0v) is 24.5. The lowest BCUT2D eigenvalue weighted by Gasteiger charge is -2.33. The fourth-order valence-corrected chi connectivity index (χ4v) is 5.82. The Morgan fingerprint density at radius 2 is 1.85 bits per heavy atom. The Morgan fingerprint density at radius 1 is 1.07 bits per heavy atom. The molecule has 1 saturated heterocycles. The molecule has 0 bridgehead atoms. The number of benzene rings is 1. The number of anilines is 1. The minimum absolute atomic E-state index is 0.113. The first-order valence-corrected chi connectivity index (χ1v) is 14.5. The molecule has 1 N–H and O–H groups in total. The molecule has 210 valence electrons. The van der Waals surface area contributed by atoms with Crippen LogP contribution in [0.2, 0.25) is 0 Å². The first-order valence-electron chi connectivity index (χ1n) is 14.5. The second-order valence-corrected chi connectivity index (χ2v) is 11.5. The van der Waals surface area contributed by atoms with Gasteiger partial charge in [-0.15, -0.1) is 0 Å². The molecule has 2 aliphatic rings. The maximum absolute atomic E-state index is 13.7. The number of pyridine rings is 1. The summed E-state index contributed by atoms with van der Waals surface area (Å²) in [6, 6.07) is 10.6. The molecule has 0 unspecified atom stereocenters. The minimum Gasteiger partial charge on any atom is -0.354 e. The van der Waals surface area contributed by atoms with E-state index in [9.17, 15) is 9.59 Å². The van der Waals surface area contributed by atoms with E-state index in [0.717, 1.165) is 83.6 Å². The predicted molar refractivity (Wildman–Crippen MR) is 163 cm³/mol. The van der Waals surface area contributed by atoms with Crippen molar-refractivity contribution in [3.8, 4) is 11.1 Å². The van der Waals surface area contributed by atoms with Crippen molar-refractivity contribution in [3.63, 3.8) is 0 Å². The topological polar surface area (TPSA) is 70.5 Å². The van der Waals surface area contributed by atoms with E-state index in [1.165, 1.54) is 0 Å². The average molecular weight is 540 g/mol. The third kappa shape index (κ3) is 5.75. The monoisotopic (exact) mass is 539 g/mol. The van der Waals surface area contributed by atoms with E-state index in [1.807, 2.05) is 31.3 Å². The van der Waals surface area contributed by atoms with Gasteiger partial charge in [-0.3, -0.25) is 9.59 Å². The molecule has 7 heteroatoms. The molecule has 0 spiro atoms. The van der Waals surface area contributed by atoms with Gasteiger partial charge >= 0.3 is 0 Å². The van der Waals surface area contributed by atoms with Crippen molar-refractivity contribution in [1.82, 2.24) is 19.8 Å². The lowest BCUT2D eigenvalue weighted by Crippen LogP contribution is -2.44. The maximum atomic E-state index is 13.7. The summed E-state index contributed by atoms with van der Waals surface area (Å²) in [5, 5.41) is 4.01. The summed E-state index contributed by atoms with van der Waals surface area (Å²) in [4.78, 5) is 36.0. The van der Waals surface area contributed by atoms with Crippen LogP contribution in [0.5, 0.6) is 0 Å². The van der Waals surface area contributed by atoms with Gasteiger partial charge in [0, 0.05) is 79.6 Å². The molecule has 0 atom stereocenters. The minimum atomic E-state index is -0.163. The summed E-state index contributed by atoms with van der Waals surface area (Å²) >= 11 is 0. The molecule has 0 radical (unpaired) electrons. The highest BCUT2D eigenvalue weighted by Gasteiger charge is 2.22. The van der Waals surface area contributed by atoms with Crippen LogP contribution in [-0.4, -0.2) is 65.9 Å². The number of allylic oxidation sites excluding steroid dienone is 3. The molecule has 1 fully saturated rings. The number of aromatic nitrogens is 2. The van der Waals surface area contributed by atoms with Crippen LogP contribution in [0.1, 0.15) is 63.4 Å². The lowest BCUT2D eigenvalue weighted by molar-refractivity contribution is -0.115. The average Bonchev–Trinajstić information content (AvgIpc) is 3.37. The molecule has 3 aromatic rings. The highest BCUT2D eigenvalue weighted by Crippen LogP contribution is 2.32. The van der Waals surface area contributed by atoms with Crippen LogP contribution in [0.15, 0.2) is 65.5 Å².